The van der Waals surface area contributed by atoms with Crippen LogP contribution in [-0.4, -0.2) is 54.5 Å². The molecule has 1 aromatic carbocycles. The summed E-state index contributed by atoms with van der Waals surface area (Å²) in [6, 6.07) is 11.1. The van der Waals surface area contributed by atoms with E-state index in [1.54, 1.807) is 23.4 Å². The van der Waals surface area contributed by atoms with E-state index in [1.807, 2.05) is 31.2 Å². The van der Waals surface area contributed by atoms with Gasteiger partial charge in [0.15, 0.2) is 0 Å². The molecular formula is C29H31F2N5O3S. The Morgan fingerprint density at radius 2 is 1.93 bits per heavy atom. The molecule has 0 bridgehead atoms. The van der Waals surface area contributed by atoms with Gasteiger partial charge in [-0.3, -0.25) is 19.4 Å². The second-order valence-corrected chi connectivity index (χ2v) is 12.5. The summed E-state index contributed by atoms with van der Waals surface area (Å²) in [6.07, 6.45) is 6.49. The molecule has 0 radical (unpaired) electrons. The van der Waals surface area contributed by atoms with E-state index in [-0.39, 0.29) is 30.6 Å². The van der Waals surface area contributed by atoms with Gasteiger partial charge in [-0.15, -0.1) is 0 Å². The Labute approximate surface area is 232 Å². The first-order chi connectivity index (χ1) is 18.9. The number of amides is 1. The van der Waals surface area contributed by atoms with Gasteiger partial charge in [-0.25, -0.2) is 22.2 Å². The number of anilines is 2. The summed E-state index contributed by atoms with van der Waals surface area (Å²) in [7, 11) is -3.46. The van der Waals surface area contributed by atoms with E-state index < -0.39 is 15.9 Å². The average molecular weight is 568 g/mol. The molecule has 8 nitrogen and oxygen atoms in total. The smallest absolute Gasteiger partial charge is 0.261 e. The summed E-state index contributed by atoms with van der Waals surface area (Å²) in [6.45, 7) is 4.58. The molecule has 0 unspecified atom stereocenters. The largest absolute Gasteiger partial charge is 0.321 e. The van der Waals surface area contributed by atoms with Gasteiger partial charge in [-0.2, -0.15) is 0 Å². The molecule has 1 amide bonds. The highest BCUT2D eigenvalue weighted by Gasteiger charge is 2.38. The Kier molecular flexibility index (Phi) is 7.45. The van der Waals surface area contributed by atoms with E-state index in [2.05, 4.69) is 26.9 Å². The number of likely N-dealkylation sites (tertiary alicyclic amines) is 1. The SMILES string of the molecule is CC1=C(C(=O)Nc2ccc(NS(C)(=O)=O)nc2)c2cc(-c3cncc(CN4CCC(F)(F)C4)c3)ccc2[C@H](C)C1. The average Bonchev–Trinajstić information content (AvgIpc) is 3.22. The number of hydrogen-bond donors (Lipinski definition) is 2. The molecule has 3 aromatic rings. The van der Waals surface area contributed by atoms with Gasteiger partial charge < -0.3 is 5.32 Å². The van der Waals surface area contributed by atoms with E-state index in [0.717, 1.165) is 46.1 Å². The zero-order valence-corrected chi connectivity index (χ0v) is 23.4. The summed E-state index contributed by atoms with van der Waals surface area (Å²) < 4.78 is 52.5. The van der Waals surface area contributed by atoms with Crippen LogP contribution in [-0.2, 0) is 21.4 Å². The fourth-order valence-corrected chi connectivity index (χ4v) is 5.94. The van der Waals surface area contributed by atoms with Crippen LogP contribution in [0.1, 0.15) is 49.3 Å². The zero-order chi connectivity index (χ0) is 28.7. The third kappa shape index (κ3) is 6.37. The van der Waals surface area contributed by atoms with Crippen LogP contribution in [0.5, 0.6) is 0 Å². The molecular weight excluding hydrogens is 536 g/mol. The molecule has 210 valence electrons. The Bertz CT molecular complexity index is 1590. The predicted molar refractivity (Wildman–Crippen MR) is 151 cm³/mol. The molecule has 3 heterocycles. The number of hydrogen-bond acceptors (Lipinski definition) is 6. The van der Waals surface area contributed by atoms with Gasteiger partial charge in [0.25, 0.3) is 11.8 Å². The molecule has 1 aliphatic carbocycles. The normalized spacial score (nSPS) is 18.9. The number of alkyl halides is 2. The lowest BCUT2D eigenvalue weighted by molar-refractivity contribution is -0.111. The lowest BCUT2D eigenvalue weighted by atomic mass is 9.78. The van der Waals surface area contributed by atoms with E-state index in [9.17, 15) is 22.0 Å². The monoisotopic (exact) mass is 567 g/mol. The van der Waals surface area contributed by atoms with Crippen LogP contribution < -0.4 is 10.0 Å². The molecule has 1 saturated heterocycles. The second kappa shape index (κ2) is 10.7. The van der Waals surface area contributed by atoms with Gasteiger partial charge >= 0.3 is 0 Å². The van der Waals surface area contributed by atoms with Crippen LogP contribution in [0, 0.1) is 0 Å². The van der Waals surface area contributed by atoms with E-state index in [0.29, 0.717) is 24.4 Å². The Morgan fingerprint density at radius 1 is 1.12 bits per heavy atom. The van der Waals surface area contributed by atoms with Crippen LogP contribution in [0.15, 0.2) is 60.6 Å². The second-order valence-electron chi connectivity index (χ2n) is 10.7. The van der Waals surface area contributed by atoms with Crippen molar-refractivity contribution in [3.8, 4) is 11.1 Å². The van der Waals surface area contributed by atoms with Crippen LogP contribution in [0.2, 0.25) is 0 Å². The van der Waals surface area contributed by atoms with Crippen LogP contribution >= 0.6 is 0 Å². The van der Waals surface area contributed by atoms with Crippen molar-refractivity contribution < 1.29 is 22.0 Å². The number of allylic oxidation sites excluding steroid dienone is 1. The molecule has 2 aromatic heterocycles. The fourth-order valence-electron chi connectivity index (χ4n) is 5.44. The first kappa shape index (κ1) is 27.9. The number of fused-ring (bicyclic) bond motifs is 1. The van der Waals surface area contributed by atoms with Gasteiger partial charge in [0.2, 0.25) is 10.0 Å². The van der Waals surface area contributed by atoms with Crippen molar-refractivity contribution in [2.75, 3.05) is 29.4 Å². The summed E-state index contributed by atoms with van der Waals surface area (Å²) in [5.74, 6) is -2.54. The van der Waals surface area contributed by atoms with Crippen LogP contribution in [0.25, 0.3) is 16.7 Å². The number of carbonyl (C=O) groups is 1. The lowest BCUT2D eigenvalue weighted by Crippen LogP contribution is -2.24. The predicted octanol–water partition coefficient (Wildman–Crippen LogP) is 5.28. The first-order valence-electron chi connectivity index (χ1n) is 13.0. The number of rotatable bonds is 7. The Morgan fingerprint density at radius 3 is 2.60 bits per heavy atom. The minimum absolute atomic E-state index is 0.128. The summed E-state index contributed by atoms with van der Waals surface area (Å²) in [4.78, 5) is 23.7. The van der Waals surface area contributed by atoms with E-state index in [1.165, 1.54) is 12.3 Å². The van der Waals surface area contributed by atoms with Crippen molar-refractivity contribution in [1.29, 1.82) is 0 Å². The number of benzene rings is 1. The summed E-state index contributed by atoms with van der Waals surface area (Å²) >= 11 is 0. The number of sulfonamides is 1. The highest BCUT2D eigenvalue weighted by Crippen LogP contribution is 2.41. The van der Waals surface area contributed by atoms with Crippen molar-refractivity contribution in [1.82, 2.24) is 14.9 Å². The molecule has 1 fully saturated rings. The quantitative estimate of drug-likeness (QED) is 0.403. The van der Waals surface area contributed by atoms with Gasteiger partial charge in [0.1, 0.15) is 5.82 Å². The number of nitrogens with zero attached hydrogens (tertiary/aromatic N) is 3. The van der Waals surface area contributed by atoms with Crippen molar-refractivity contribution in [2.24, 2.45) is 0 Å². The molecule has 2 N–H and O–H groups in total. The van der Waals surface area contributed by atoms with Gasteiger partial charge in [0.05, 0.1) is 24.7 Å². The van der Waals surface area contributed by atoms with Crippen LogP contribution in [0.4, 0.5) is 20.3 Å². The molecule has 0 saturated carbocycles. The third-order valence-electron chi connectivity index (χ3n) is 7.21. The number of pyridine rings is 2. The summed E-state index contributed by atoms with van der Waals surface area (Å²) in [5, 5.41) is 2.89. The number of carbonyl (C=O) groups excluding carboxylic acids is 1. The molecule has 1 aliphatic heterocycles. The van der Waals surface area contributed by atoms with Gasteiger partial charge in [-0.05, 0) is 65.8 Å². The van der Waals surface area contributed by atoms with E-state index >= 15 is 0 Å². The van der Waals surface area contributed by atoms with Gasteiger partial charge in [0, 0.05) is 43.0 Å². The third-order valence-corrected chi connectivity index (χ3v) is 7.79. The molecule has 40 heavy (non-hydrogen) atoms. The minimum atomic E-state index is -3.46. The van der Waals surface area contributed by atoms with E-state index in [4.69, 9.17) is 0 Å². The zero-order valence-electron chi connectivity index (χ0n) is 22.5. The molecule has 1 atom stereocenters. The number of nitrogens with one attached hydrogen (secondary N) is 2. The van der Waals surface area contributed by atoms with Gasteiger partial charge in [-0.1, -0.05) is 24.6 Å². The highest BCUT2D eigenvalue weighted by atomic mass is 32.2. The fraction of sp³-hybridized carbons (Fsp3) is 0.345. The van der Waals surface area contributed by atoms with Crippen molar-refractivity contribution in [2.45, 2.75) is 45.1 Å². The molecule has 0 spiro atoms. The number of aromatic nitrogens is 2. The standard InChI is InChI=1S/C29H31F2N5O3S/c1-18-10-19(2)27(28(37)34-23-5-7-26(33-15-23)35-40(3,38)39)25-12-21(4-6-24(18)25)22-11-20(13-32-14-22)16-36-9-8-29(30,31)17-36/h4-7,11-15,18H,8-10,16-17H2,1-3H3,(H,33,35)(H,34,37)/t18-/m1/s1. The topological polar surface area (TPSA) is 104 Å². The highest BCUT2D eigenvalue weighted by molar-refractivity contribution is 7.92. The Hall–Kier alpha value is -3.70. The number of halogens is 2. The van der Waals surface area contributed by atoms with Crippen molar-refractivity contribution in [3.05, 3.63) is 77.3 Å². The van der Waals surface area contributed by atoms with Crippen molar-refractivity contribution in [3.63, 3.8) is 0 Å². The summed E-state index contributed by atoms with van der Waals surface area (Å²) in [5.41, 5.74) is 6.45. The Balaban J connectivity index is 1.40. The first-order valence-corrected chi connectivity index (χ1v) is 14.9. The minimum Gasteiger partial charge on any atom is -0.321 e. The molecule has 11 heteroatoms. The maximum atomic E-state index is 13.7. The molecule has 5 rings (SSSR count). The lowest BCUT2D eigenvalue weighted by Gasteiger charge is -2.27. The van der Waals surface area contributed by atoms with Crippen LogP contribution in [0.3, 0.4) is 0 Å². The maximum Gasteiger partial charge on any atom is 0.261 e. The maximum absolute atomic E-state index is 13.7. The molecule has 2 aliphatic rings. The van der Waals surface area contributed by atoms with Crippen molar-refractivity contribution >= 4 is 33.0 Å².